The van der Waals surface area contributed by atoms with E-state index >= 15 is 0 Å². The smallest absolute Gasteiger partial charge is 0.241 e. The first-order chi connectivity index (χ1) is 9.93. The second-order valence-corrected chi connectivity index (χ2v) is 6.30. The largest absolute Gasteiger partial charge is 0.397 e. The average Bonchev–Trinajstić information content (AvgIpc) is 2.89. The number of likely N-dealkylation sites (tertiary alicyclic amines) is 1. The molecular formula is C15H21Cl2N3O. The highest BCUT2D eigenvalue weighted by Crippen LogP contribution is 2.32. The van der Waals surface area contributed by atoms with Crippen molar-refractivity contribution in [3.8, 4) is 0 Å². The number of anilines is 2. The molecule has 0 radical (unpaired) electrons. The summed E-state index contributed by atoms with van der Waals surface area (Å²) in [5.41, 5.74) is 6.69. The Morgan fingerprint density at radius 2 is 2.24 bits per heavy atom. The van der Waals surface area contributed by atoms with E-state index in [4.69, 9.17) is 28.9 Å². The van der Waals surface area contributed by atoms with E-state index in [0.29, 0.717) is 27.5 Å². The molecule has 6 heteroatoms. The first-order valence-corrected chi connectivity index (χ1v) is 8.00. The lowest BCUT2D eigenvalue weighted by atomic mass is 10.1. The third-order valence-corrected chi connectivity index (χ3v) is 4.62. The van der Waals surface area contributed by atoms with Gasteiger partial charge in [-0.25, -0.2) is 0 Å². The predicted molar refractivity (Wildman–Crippen MR) is 89.0 cm³/mol. The molecule has 0 aliphatic carbocycles. The van der Waals surface area contributed by atoms with Crippen LogP contribution >= 0.6 is 23.2 Å². The van der Waals surface area contributed by atoms with Crippen molar-refractivity contribution in [2.45, 2.75) is 45.2 Å². The number of nitrogens with one attached hydrogen (secondary N) is 1. The molecule has 0 saturated carbocycles. The zero-order chi connectivity index (χ0) is 15.6. The molecule has 2 unspecified atom stereocenters. The molecular weight excluding hydrogens is 309 g/mol. The van der Waals surface area contributed by atoms with E-state index < -0.39 is 0 Å². The van der Waals surface area contributed by atoms with Crippen LogP contribution in [-0.2, 0) is 4.79 Å². The summed E-state index contributed by atoms with van der Waals surface area (Å²) in [6.45, 7) is 5.03. The molecule has 0 spiro atoms. The first-order valence-electron chi connectivity index (χ1n) is 7.25. The van der Waals surface area contributed by atoms with E-state index in [9.17, 15) is 4.79 Å². The molecule has 21 heavy (non-hydrogen) atoms. The topological polar surface area (TPSA) is 58.4 Å². The SMILES string of the molecule is CCC1CCCN1C(C)C(=O)Nc1c(N)cc(Cl)cc1Cl. The minimum Gasteiger partial charge on any atom is -0.397 e. The van der Waals surface area contributed by atoms with Crippen LogP contribution in [-0.4, -0.2) is 29.4 Å². The van der Waals surface area contributed by atoms with E-state index in [1.807, 2.05) is 6.92 Å². The summed E-state index contributed by atoms with van der Waals surface area (Å²) in [5, 5.41) is 3.64. The number of carbonyl (C=O) groups excluding carboxylic acids is 1. The molecule has 0 aromatic heterocycles. The molecule has 116 valence electrons. The average molecular weight is 330 g/mol. The van der Waals surface area contributed by atoms with Gasteiger partial charge < -0.3 is 11.1 Å². The van der Waals surface area contributed by atoms with Gasteiger partial charge in [-0.05, 0) is 44.9 Å². The maximum atomic E-state index is 12.5. The molecule has 2 atom stereocenters. The van der Waals surface area contributed by atoms with E-state index in [0.717, 1.165) is 25.8 Å². The third kappa shape index (κ3) is 3.62. The Morgan fingerprint density at radius 3 is 2.86 bits per heavy atom. The van der Waals surface area contributed by atoms with Crippen molar-refractivity contribution in [3.05, 3.63) is 22.2 Å². The highest BCUT2D eigenvalue weighted by atomic mass is 35.5. The standard InChI is InChI=1S/C15H21Cl2N3O/c1-3-11-5-4-6-20(11)9(2)15(21)19-14-12(17)7-10(16)8-13(14)18/h7-9,11H,3-6,18H2,1-2H3,(H,19,21). The van der Waals surface area contributed by atoms with Gasteiger partial charge in [0.1, 0.15) is 0 Å². The summed E-state index contributed by atoms with van der Waals surface area (Å²) in [5.74, 6) is -0.0914. The number of benzene rings is 1. The fourth-order valence-corrected chi connectivity index (χ4v) is 3.47. The van der Waals surface area contributed by atoms with E-state index in [1.54, 1.807) is 12.1 Å². The van der Waals surface area contributed by atoms with Crippen LogP contribution in [0.2, 0.25) is 10.0 Å². The molecule has 1 aliphatic heterocycles. The van der Waals surface area contributed by atoms with Gasteiger partial charge in [-0.15, -0.1) is 0 Å². The lowest BCUT2D eigenvalue weighted by Crippen LogP contribution is -2.44. The van der Waals surface area contributed by atoms with Crippen LogP contribution in [0.15, 0.2) is 12.1 Å². The van der Waals surface area contributed by atoms with Crippen molar-refractivity contribution in [1.29, 1.82) is 0 Å². The Bertz CT molecular complexity index is 513. The van der Waals surface area contributed by atoms with Crippen LogP contribution in [0, 0.1) is 0 Å². The van der Waals surface area contributed by atoms with E-state index in [-0.39, 0.29) is 11.9 Å². The molecule has 4 nitrogen and oxygen atoms in total. The van der Waals surface area contributed by atoms with Gasteiger partial charge in [0.05, 0.1) is 22.4 Å². The van der Waals surface area contributed by atoms with Gasteiger partial charge in [0, 0.05) is 11.1 Å². The molecule has 0 bridgehead atoms. The Morgan fingerprint density at radius 1 is 1.52 bits per heavy atom. The van der Waals surface area contributed by atoms with Crippen molar-refractivity contribution < 1.29 is 4.79 Å². The number of amides is 1. The number of halogens is 2. The Kier molecular flexibility index (Phi) is 5.36. The highest BCUT2D eigenvalue weighted by molar-refractivity contribution is 6.37. The number of hydrogen-bond donors (Lipinski definition) is 2. The lowest BCUT2D eigenvalue weighted by Gasteiger charge is -2.29. The van der Waals surface area contributed by atoms with Gasteiger partial charge in [0.15, 0.2) is 0 Å². The fraction of sp³-hybridized carbons (Fsp3) is 0.533. The van der Waals surface area contributed by atoms with Gasteiger partial charge in [-0.2, -0.15) is 0 Å². The van der Waals surface area contributed by atoms with Gasteiger partial charge >= 0.3 is 0 Å². The molecule has 2 rings (SSSR count). The minimum atomic E-state index is -0.205. The summed E-state index contributed by atoms with van der Waals surface area (Å²) in [7, 11) is 0. The van der Waals surface area contributed by atoms with Crippen LogP contribution in [0.25, 0.3) is 0 Å². The molecule has 1 aromatic rings. The van der Waals surface area contributed by atoms with Crippen molar-refractivity contribution >= 4 is 40.5 Å². The summed E-state index contributed by atoms with van der Waals surface area (Å²) in [4.78, 5) is 14.7. The number of nitrogens with zero attached hydrogens (tertiary/aromatic N) is 1. The van der Waals surface area contributed by atoms with Crippen LogP contribution in [0.1, 0.15) is 33.1 Å². The fourth-order valence-electron chi connectivity index (χ4n) is 2.91. The normalized spacial score (nSPS) is 20.5. The van der Waals surface area contributed by atoms with Crippen molar-refractivity contribution in [1.82, 2.24) is 4.90 Å². The van der Waals surface area contributed by atoms with Crippen LogP contribution in [0.5, 0.6) is 0 Å². The molecule has 1 heterocycles. The summed E-state index contributed by atoms with van der Waals surface area (Å²) in [6, 6.07) is 3.43. The maximum absolute atomic E-state index is 12.5. The number of nitrogens with two attached hydrogens (primary N) is 1. The number of hydrogen-bond acceptors (Lipinski definition) is 3. The van der Waals surface area contributed by atoms with Crippen LogP contribution in [0.3, 0.4) is 0 Å². The van der Waals surface area contributed by atoms with Crippen molar-refractivity contribution in [3.63, 3.8) is 0 Å². The quantitative estimate of drug-likeness (QED) is 0.826. The summed E-state index contributed by atoms with van der Waals surface area (Å²) >= 11 is 12.0. The molecule has 1 amide bonds. The van der Waals surface area contributed by atoms with Crippen molar-refractivity contribution in [2.75, 3.05) is 17.6 Å². The van der Waals surface area contributed by atoms with Gasteiger partial charge in [-0.3, -0.25) is 9.69 Å². The first kappa shape index (κ1) is 16.4. The third-order valence-electron chi connectivity index (χ3n) is 4.10. The number of rotatable bonds is 4. The van der Waals surface area contributed by atoms with Gasteiger partial charge in [0.2, 0.25) is 5.91 Å². The zero-order valence-corrected chi connectivity index (χ0v) is 13.8. The predicted octanol–water partition coefficient (Wildman–Crippen LogP) is 3.78. The molecule has 1 saturated heterocycles. The second kappa shape index (κ2) is 6.86. The minimum absolute atomic E-state index is 0.0914. The van der Waals surface area contributed by atoms with Crippen LogP contribution in [0.4, 0.5) is 11.4 Å². The number of nitrogen functional groups attached to an aromatic ring is 1. The van der Waals surface area contributed by atoms with E-state index in [1.165, 1.54) is 0 Å². The molecule has 1 aromatic carbocycles. The second-order valence-electron chi connectivity index (χ2n) is 5.46. The highest BCUT2D eigenvalue weighted by Gasteiger charge is 2.31. The molecule has 1 fully saturated rings. The summed E-state index contributed by atoms with van der Waals surface area (Å²) in [6.07, 6.45) is 3.35. The molecule has 1 aliphatic rings. The van der Waals surface area contributed by atoms with Crippen LogP contribution < -0.4 is 11.1 Å². The monoisotopic (exact) mass is 329 g/mol. The number of carbonyl (C=O) groups is 1. The van der Waals surface area contributed by atoms with E-state index in [2.05, 4.69) is 17.1 Å². The Balaban J connectivity index is 2.11. The summed E-state index contributed by atoms with van der Waals surface area (Å²) < 4.78 is 0. The van der Waals surface area contributed by atoms with Gasteiger partial charge in [0.25, 0.3) is 0 Å². The lowest BCUT2D eigenvalue weighted by molar-refractivity contribution is -0.121. The Labute approximate surface area is 135 Å². The van der Waals surface area contributed by atoms with Crippen molar-refractivity contribution in [2.24, 2.45) is 0 Å². The molecule has 3 N–H and O–H groups in total. The zero-order valence-electron chi connectivity index (χ0n) is 12.3. The van der Waals surface area contributed by atoms with Gasteiger partial charge in [-0.1, -0.05) is 30.1 Å². The Hall–Kier alpha value is -0.970. The maximum Gasteiger partial charge on any atom is 0.241 e.